The van der Waals surface area contributed by atoms with E-state index in [0.29, 0.717) is 36.6 Å². The number of ether oxygens (including phenoxy) is 2. The number of hydrogen-bond acceptors (Lipinski definition) is 7. The second kappa shape index (κ2) is 9.29. The SMILES string of the molecule is CC1CN(C(=O)CSc2nnc(COc3ccc(C(C)C)cc3)n2N)CCO1. The molecule has 0 spiro atoms. The molecule has 3 rings (SSSR count). The molecule has 0 saturated carbocycles. The van der Waals surface area contributed by atoms with Crippen molar-refractivity contribution in [2.45, 2.75) is 44.6 Å². The van der Waals surface area contributed by atoms with E-state index < -0.39 is 0 Å². The molecule has 1 aliphatic heterocycles. The Hall–Kier alpha value is -2.26. The Morgan fingerprint density at radius 3 is 2.79 bits per heavy atom. The van der Waals surface area contributed by atoms with Crippen LogP contribution >= 0.6 is 11.8 Å². The molecule has 1 unspecified atom stereocenters. The summed E-state index contributed by atoms with van der Waals surface area (Å²) in [4.78, 5) is 14.2. The molecule has 1 aromatic heterocycles. The minimum absolute atomic E-state index is 0.0474. The van der Waals surface area contributed by atoms with Crippen molar-refractivity contribution in [1.82, 2.24) is 19.8 Å². The minimum atomic E-state index is 0.0474. The largest absolute Gasteiger partial charge is 0.486 e. The van der Waals surface area contributed by atoms with E-state index in [2.05, 4.69) is 24.0 Å². The molecule has 1 fully saturated rings. The van der Waals surface area contributed by atoms with Gasteiger partial charge < -0.3 is 20.2 Å². The molecule has 1 aliphatic rings. The van der Waals surface area contributed by atoms with E-state index in [4.69, 9.17) is 15.3 Å². The second-order valence-electron chi connectivity index (χ2n) is 7.09. The first-order valence-corrected chi connectivity index (χ1v) is 10.4. The minimum Gasteiger partial charge on any atom is -0.486 e. The molecule has 2 heterocycles. The molecule has 0 bridgehead atoms. The van der Waals surface area contributed by atoms with Crippen LogP contribution in [0.25, 0.3) is 0 Å². The summed E-state index contributed by atoms with van der Waals surface area (Å²) in [5, 5.41) is 8.64. The van der Waals surface area contributed by atoms with Crippen molar-refractivity contribution in [3.8, 4) is 5.75 Å². The fourth-order valence-electron chi connectivity index (χ4n) is 2.86. The van der Waals surface area contributed by atoms with Crippen molar-refractivity contribution >= 4 is 17.7 Å². The number of morpholine rings is 1. The van der Waals surface area contributed by atoms with E-state index in [1.165, 1.54) is 22.0 Å². The van der Waals surface area contributed by atoms with Gasteiger partial charge in [0, 0.05) is 13.1 Å². The maximum atomic E-state index is 12.3. The predicted octanol–water partition coefficient (Wildman–Crippen LogP) is 2.03. The number of rotatable bonds is 7. The zero-order valence-electron chi connectivity index (χ0n) is 16.5. The van der Waals surface area contributed by atoms with E-state index >= 15 is 0 Å². The number of carbonyl (C=O) groups excluding carboxylic acids is 1. The van der Waals surface area contributed by atoms with Gasteiger partial charge in [-0.05, 0) is 30.5 Å². The van der Waals surface area contributed by atoms with E-state index in [9.17, 15) is 4.79 Å². The van der Waals surface area contributed by atoms with Crippen molar-refractivity contribution < 1.29 is 14.3 Å². The van der Waals surface area contributed by atoms with Gasteiger partial charge in [-0.2, -0.15) is 0 Å². The van der Waals surface area contributed by atoms with Gasteiger partial charge in [-0.3, -0.25) is 4.79 Å². The number of hydrogen-bond donors (Lipinski definition) is 1. The van der Waals surface area contributed by atoms with E-state index in [1.807, 2.05) is 36.1 Å². The molecule has 0 radical (unpaired) electrons. The molecule has 1 atom stereocenters. The van der Waals surface area contributed by atoms with Crippen molar-refractivity contribution in [3.05, 3.63) is 35.7 Å². The Labute approximate surface area is 169 Å². The molecule has 1 aromatic carbocycles. The molecule has 28 heavy (non-hydrogen) atoms. The van der Waals surface area contributed by atoms with Gasteiger partial charge in [-0.25, -0.2) is 4.68 Å². The van der Waals surface area contributed by atoms with Gasteiger partial charge >= 0.3 is 0 Å². The molecule has 2 N–H and O–H groups in total. The Kier molecular flexibility index (Phi) is 6.79. The molecular formula is C19H27N5O3S. The first kappa shape index (κ1) is 20.5. The fraction of sp³-hybridized carbons (Fsp3) is 0.526. The third kappa shape index (κ3) is 5.17. The van der Waals surface area contributed by atoms with Crippen molar-refractivity contribution in [2.24, 2.45) is 0 Å². The molecule has 152 valence electrons. The second-order valence-corrected chi connectivity index (χ2v) is 8.03. The first-order valence-electron chi connectivity index (χ1n) is 9.38. The molecule has 9 heteroatoms. The summed E-state index contributed by atoms with van der Waals surface area (Å²) >= 11 is 1.27. The van der Waals surface area contributed by atoms with Crippen LogP contribution in [0.3, 0.4) is 0 Å². The molecule has 8 nitrogen and oxygen atoms in total. The summed E-state index contributed by atoms with van der Waals surface area (Å²) < 4.78 is 12.6. The molecule has 2 aromatic rings. The van der Waals surface area contributed by atoms with Gasteiger partial charge in [0.2, 0.25) is 11.1 Å². The van der Waals surface area contributed by atoms with Crippen LogP contribution in [0.2, 0.25) is 0 Å². The summed E-state index contributed by atoms with van der Waals surface area (Å²) in [6, 6.07) is 7.97. The monoisotopic (exact) mass is 405 g/mol. The fourth-order valence-corrected chi connectivity index (χ4v) is 3.64. The third-order valence-corrected chi connectivity index (χ3v) is 5.50. The highest BCUT2D eigenvalue weighted by Gasteiger charge is 2.22. The smallest absolute Gasteiger partial charge is 0.233 e. The zero-order valence-corrected chi connectivity index (χ0v) is 17.3. The number of aromatic nitrogens is 3. The van der Waals surface area contributed by atoms with Crippen LogP contribution < -0.4 is 10.6 Å². The van der Waals surface area contributed by atoms with Crippen molar-refractivity contribution in [1.29, 1.82) is 0 Å². The van der Waals surface area contributed by atoms with Crippen molar-refractivity contribution in [2.75, 3.05) is 31.3 Å². The van der Waals surface area contributed by atoms with Gasteiger partial charge in [0.05, 0.1) is 18.5 Å². The summed E-state index contributed by atoms with van der Waals surface area (Å²) in [6.07, 6.45) is 0.0687. The summed E-state index contributed by atoms with van der Waals surface area (Å²) in [5.74, 6) is 8.10. The number of thioether (sulfide) groups is 1. The van der Waals surface area contributed by atoms with E-state index in [0.717, 1.165) is 5.75 Å². The number of nitrogens with zero attached hydrogens (tertiary/aromatic N) is 4. The van der Waals surface area contributed by atoms with Gasteiger partial charge in [-0.1, -0.05) is 37.7 Å². The van der Waals surface area contributed by atoms with Crippen LogP contribution in [-0.4, -0.2) is 57.2 Å². The standard InChI is InChI=1S/C19H27N5O3S/c1-13(2)15-4-6-16(7-5-15)27-11-17-21-22-19(24(17)20)28-12-18(25)23-8-9-26-14(3)10-23/h4-7,13-14H,8-12,20H2,1-3H3. The number of nitrogen functional groups attached to an aromatic ring is 1. The number of amides is 1. The molecule has 1 amide bonds. The van der Waals surface area contributed by atoms with Gasteiger partial charge in [0.25, 0.3) is 0 Å². The van der Waals surface area contributed by atoms with E-state index in [-0.39, 0.29) is 24.4 Å². The average molecular weight is 406 g/mol. The van der Waals surface area contributed by atoms with Gasteiger partial charge in [0.1, 0.15) is 12.4 Å². The lowest BCUT2D eigenvalue weighted by molar-refractivity contribution is -0.135. The Bertz CT molecular complexity index is 793. The Morgan fingerprint density at radius 2 is 2.11 bits per heavy atom. The van der Waals surface area contributed by atoms with Crippen LogP contribution in [0.15, 0.2) is 29.4 Å². The van der Waals surface area contributed by atoms with Gasteiger partial charge in [-0.15, -0.1) is 10.2 Å². The quantitative estimate of drug-likeness (QED) is 0.556. The molecule has 1 saturated heterocycles. The normalized spacial score (nSPS) is 17.1. The van der Waals surface area contributed by atoms with Crippen LogP contribution in [0.5, 0.6) is 5.75 Å². The molecular weight excluding hydrogens is 378 g/mol. The van der Waals surface area contributed by atoms with Gasteiger partial charge in [0.15, 0.2) is 5.82 Å². The van der Waals surface area contributed by atoms with E-state index in [1.54, 1.807) is 0 Å². The maximum Gasteiger partial charge on any atom is 0.233 e. The predicted molar refractivity (Wildman–Crippen MR) is 108 cm³/mol. The number of benzene rings is 1. The van der Waals surface area contributed by atoms with Crippen LogP contribution in [0.4, 0.5) is 0 Å². The maximum absolute atomic E-state index is 12.3. The topological polar surface area (TPSA) is 95.5 Å². The van der Waals surface area contributed by atoms with Crippen LogP contribution in [-0.2, 0) is 16.1 Å². The Morgan fingerprint density at radius 1 is 1.36 bits per heavy atom. The summed E-state index contributed by atoms with van der Waals surface area (Å²) in [5.41, 5.74) is 1.26. The highest BCUT2D eigenvalue weighted by molar-refractivity contribution is 7.99. The number of carbonyl (C=O) groups is 1. The lowest BCUT2D eigenvalue weighted by Crippen LogP contribution is -2.45. The Balaban J connectivity index is 1.51. The van der Waals surface area contributed by atoms with Crippen LogP contribution in [0.1, 0.15) is 38.1 Å². The lowest BCUT2D eigenvalue weighted by Gasteiger charge is -2.31. The third-order valence-electron chi connectivity index (χ3n) is 4.57. The molecule has 0 aliphatic carbocycles. The number of nitrogens with two attached hydrogens (primary N) is 1. The van der Waals surface area contributed by atoms with Crippen molar-refractivity contribution in [3.63, 3.8) is 0 Å². The summed E-state index contributed by atoms with van der Waals surface area (Å²) in [7, 11) is 0. The zero-order chi connectivity index (χ0) is 20.1. The van der Waals surface area contributed by atoms with Crippen LogP contribution in [0, 0.1) is 0 Å². The lowest BCUT2D eigenvalue weighted by atomic mass is 10.0. The highest BCUT2D eigenvalue weighted by Crippen LogP contribution is 2.20. The summed E-state index contributed by atoms with van der Waals surface area (Å²) in [6.45, 7) is 8.28. The first-order chi connectivity index (χ1) is 13.4. The highest BCUT2D eigenvalue weighted by atomic mass is 32.2. The average Bonchev–Trinajstić information content (AvgIpc) is 3.04.